The Morgan fingerprint density at radius 2 is 2.08 bits per heavy atom. The van der Waals surface area contributed by atoms with Gasteiger partial charge in [-0.15, -0.1) is 0 Å². The third-order valence-electron chi connectivity index (χ3n) is 1.81. The number of hydrogen-bond acceptors (Lipinski definition) is 2. The molecule has 0 bridgehead atoms. The Balaban J connectivity index is 2.99. The van der Waals surface area contributed by atoms with Gasteiger partial charge in [-0.2, -0.15) is 0 Å². The van der Waals surface area contributed by atoms with Gasteiger partial charge in [0.25, 0.3) is 6.43 Å². The third kappa shape index (κ3) is 9.70. The van der Waals surface area contributed by atoms with Crippen molar-refractivity contribution in [2.45, 2.75) is 39.2 Å². The summed E-state index contributed by atoms with van der Waals surface area (Å²) in [6.45, 7) is 5.00. The van der Waals surface area contributed by atoms with E-state index in [0.717, 1.165) is 19.4 Å². The first-order valence-corrected chi connectivity index (χ1v) is 4.76. The van der Waals surface area contributed by atoms with Crippen LogP contribution in [0.15, 0.2) is 0 Å². The second-order valence-electron chi connectivity index (χ2n) is 3.08. The van der Waals surface area contributed by atoms with E-state index in [-0.39, 0.29) is 0 Å². The van der Waals surface area contributed by atoms with Crippen LogP contribution in [0.5, 0.6) is 0 Å². The van der Waals surface area contributed by atoms with E-state index in [0.29, 0.717) is 12.6 Å². The molecule has 80 valence electrons. The Hall–Kier alpha value is -0.220. The monoisotopic (exact) mass is 195 g/mol. The molecule has 0 aromatic carbocycles. The van der Waals surface area contributed by atoms with Crippen LogP contribution < -0.4 is 5.32 Å². The molecule has 1 atom stereocenters. The van der Waals surface area contributed by atoms with Crippen LogP contribution >= 0.6 is 0 Å². The van der Waals surface area contributed by atoms with E-state index >= 15 is 0 Å². The molecule has 0 fully saturated rings. The van der Waals surface area contributed by atoms with E-state index in [4.69, 9.17) is 4.74 Å². The lowest BCUT2D eigenvalue weighted by Crippen LogP contribution is -2.26. The van der Waals surface area contributed by atoms with E-state index in [2.05, 4.69) is 19.2 Å². The Kier molecular flexibility index (Phi) is 8.24. The van der Waals surface area contributed by atoms with Crippen molar-refractivity contribution in [3.8, 4) is 0 Å². The van der Waals surface area contributed by atoms with Crippen molar-refractivity contribution in [3.63, 3.8) is 0 Å². The van der Waals surface area contributed by atoms with Crippen molar-refractivity contribution in [1.82, 2.24) is 5.32 Å². The number of nitrogens with one attached hydrogen (secondary N) is 1. The number of rotatable bonds is 8. The molecule has 1 unspecified atom stereocenters. The lowest BCUT2D eigenvalue weighted by molar-refractivity contribution is 0.0167. The van der Waals surface area contributed by atoms with Gasteiger partial charge in [0.15, 0.2) is 0 Å². The minimum Gasteiger partial charge on any atom is -0.375 e. The number of hydrogen-bond donors (Lipinski definition) is 1. The maximum Gasteiger partial charge on any atom is 0.261 e. The molecule has 0 radical (unpaired) electrons. The predicted molar refractivity (Wildman–Crippen MR) is 49.2 cm³/mol. The van der Waals surface area contributed by atoms with E-state index in [1.165, 1.54) is 0 Å². The topological polar surface area (TPSA) is 21.3 Å². The molecule has 0 rings (SSSR count). The van der Waals surface area contributed by atoms with Crippen molar-refractivity contribution in [2.24, 2.45) is 0 Å². The van der Waals surface area contributed by atoms with Gasteiger partial charge in [0, 0.05) is 12.6 Å². The minimum atomic E-state index is -2.34. The van der Waals surface area contributed by atoms with E-state index < -0.39 is 13.0 Å². The number of ether oxygens (including phenoxy) is 1. The van der Waals surface area contributed by atoms with Gasteiger partial charge in [-0.25, -0.2) is 8.78 Å². The summed E-state index contributed by atoms with van der Waals surface area (Å²) in [5.74, 6) is 0. The first kappa shape index (κ1) is 12.8. The molecule has 0 saturated heterocycles. The summed E-state index contributed by atoms with van der Waals surface area (Å²) < 4.78 is 27.9. The summed E-state index contributed by atoms with van der Waals surface area (Å²) in [6.07, 6.45) is -0.475. The summed E-state index contributed by atoms with van der Waals surface area (Å²) >= 11 is 0. The van der Waals surface area contributed by atoms with Crippen molar-refractivity contribution in [2.75, 3.05) is 19.8 Å². The van der Waals surface area contributed by atoms with Crippen molar-refractivity contribution in [3.05, 3.63) is 0 Å². The predicted octanol–water partition coefficient (Wildman–Crippen LogP) is 2.05. The fourth-order valence-electron chi connectivity index (χ4n) is 0.839. The zero-order valence-electron chi connectivity index (χ0n) is 8.35. The highest BCUT2D eigenvalue weighted by atomic mass is 19.3. The van der Waals surface area contributed by atoms with Crippen LogP contribution in [-0.4, -0.2) is 32.2 Å². The lowest BCUT2D eigenvalue weighted by atomic mass is 10.2. The second-order valence-corrected chi connectivity index (χ2v) is 3.08. The van der Waals surface area contributed by atoms with Crippen LogP contribution in [0.4, 0.5) is 8.78 Å². The van der Waals surface area contributed by atoms with Crippen molar-refractivity contribution < 1.29 is 13.5 Å². The maximum atomic E-state index is 11.6. The van der Waals surface area contributed by atoms with Gasteiger partial charge >= 0.3 is 0 Å². The van der Waals surface area contributed by atoms with Gasteiger partial charge in [-0.05, 0) is 26.3 Å². The molecule has 0 heterocycles. The van der Waals surface area contributed by atoms with Crippen LogP contribution in [-0.2, 0) is 4.74 Å². The molecule has 4 heteroatoms. The molecule has 1 N–H and O–H groups in total. The highest BCUT2D eigenvalue weighted by molar-refractivity contribution is 4.56. The molecule has 2 nitrogen and oxygen atoms in total. The molecule has 0 aromatic heterocycles. The summed E-state index contributed by atoms with van der Waals surface area (Å²) in [5.41, 5.74) is 0. The normalized spacial score (nSPS) is 13.6. The highest BCUT2D eigenvalue weighted by Gasteiger charge is 2.01. The molecule has 0 aliphatic heterocycles. The maximum absolute atomic E-state index is 11.6. The summed E-state index contributed by atoms with van der Waals surface area (Å²) in [4.78, 5) is 0. The first-order valence-electron chi connectivity index (χ1n) is 4.76. The molecule has 0 aliphatic carbocycles. The van der Waals surface area contributed by atoms with Crippen LogP contribution in [0.1, 0.15) is 26.7 Å². The van der Waals surface area contributed by atoms with Crippen LogP contribution in [0.25, 0.3) is 0 Å². The second kappa shape index (κ2) is 8.38. The quantitative estimate of drug-likeness (QED) is 0.598. The molecule has 0 spiro atoms. The Labute approximate surface area is 78.7 Å². The largest absolute Gasteiger partial charge is 0.375 e. The zero-order chi connectivity index (χ0) is 10.1. The summed E-state index contributed by atoms with van der Waals surface area (Å²) in [7, 11) is 0. The van der Waals surface area contributed by atoms with Crippen LogP contribution in [0, 0.1) is 0 Å². The van der Waals surface area contributed by atoms with Gasteiger partial charge in [-0.1, -0.05) is 6.92 Å². The van der Waals surface area contributed by atoms with Crippen molar-refractivity contribution in [1.29, 1.82) is 0 Å². The number of halogens is 2. The van der Waals surface area contributed by atoms with E-state index in [9.17, 15) is 8.78 Å². The third-order valence-corrected chi connectivity index (χ3v) is 1.81. The van der Waals surface area contributed by atoms with Gasteiger partial charge in [0.2, 0.25) is 0 Å². The summed E-state index contributed by atoms with van der Waals surface area (Å²) in [6, 6.07) is 0.495. The zero-order valence-corrected chi connectivity index (χ0v) is 8.35. The van der Waals surface area contributed by atoms with Crippen LogP contribution in [0.2, 0.25) is 0 Å². The molecule has 0 aliphatic rings. The highest BCUT2D eigenvalue weighted by Crippen LogP contribution is 1.93. The number of alkyl halides is 2. The average Bonchev–Trinajstić information content (AvgIpc) is 2.10. The summed E-state index contributed by atoms with van der Waals surface area (Å²) in [5, 5.41) is 3.25. The fraction of sp³-hybridized carbons (Fsp3) is 1.00. The van der Waals surface area contributed by atoms with Gasteiger partial charge < -0.3 is 10.1 Å². The molecular weight excluding hydrogens is 176 g/mol. The molecule has 0 aromatic rings. The molecule has 13 heavy (non-hydrogen) atoms. The fourth-order valence-corrected chi connectivity index (χ4v) is 0.839. The molecular formula is C9H19F2NO. The Bertz CT molecular complexity index is 112. The van der Waals surface area contributed by atoms with E-state index in [1.807, 2.05) is 0 Å². The van der Waals surface area contributed by atoms with Gasteiger partial charge in [0.1, 0.15) is 6.61 Å². The van der Waals surface area contributed by atoms with Gasteiger partial charge in [-0.3, -0.25) is 0 Å². The first-order chi connectivity index (χ1) is 6.16. The van der Waals surface area contributed by atoms with Gasteiger partial charge in [0.05, 0.1) is 0 Å². The Morgan fingerprint density at radius 3 is 2.62 bits per heavy atom. The molecule has 0 saturated carbocycles. The standard InChI is InChI=1S/C9H19F2NO/c1-3-8(2)12-5-4-6-13-7-9(10)11/h8-9,12H,3-7H2,1-2H3. The van der Waals surface area contributed by atoms with E-state index in [1.54, 1.807) is 0 Å². The smallest absolute Gasteiger partial charge is 0.261 e. The molecule has 0 amide bonds. The Morgan fingerprint density at radius 1 is 1.38 bits per heavy atom. The lowest BCUT2D eigenvalue weighted by Gasteiger charge is -2.10. The van der Waals surface area contributed by atoms with Crippen LogP contribution in [0.3, 0.4) is 0 Å². The SMILES string of the molecule is CCC(C)NCCCOCC(F)F. The average molecular weight is 195 g/mol. The van der Waals surface area contributed by atoms with Crippen molar-refractivity contribution >= 4 is 0 Å². The minimum absolute atomic E-state index is 0.410.